The molecule has 3 heteroatoms. The Kier molecular flexibility index (Phi) is 3.62. The van der Waals surface area contributed by atoms with Gasteiger partial charge in [0.2, 0.25) is 6.41 Å². The van der Waals surface area contributed by atoms with Gasteiger partial charge in [-0.2, -0.15) is 0 Å². The fourth-order valence-corrected chi connectivity index (χ4v) is 2.96. The largest absolute Gasteiger partial charge is 0.343 e. The van der Waals surface area contributed by atoms with Gasteiger partial charge in [0.15, 0.2) is 0 Å². The highest BCUT2D eigenvalue weighted by Gasteiger charge is 2.29. The van der Waals surface area contributed by atoms with E-state index in [1.807, 2.05) is 4.90 Å². The van der Waals surface area contributed by atoms with Crippen LogP contribution in [0, 0.1) is 5.92 Å². The molecule has 1 heterocycles. The van der Waals surface area contributed by atoms with Crippen LogP contribution in [0.3, 0.4) is 0 Å². The Hall–Kier alpha value is -0.570. The predicted molar refractivity (Wildman–Crippen MR) is 60.6 cm³/mol. The lowest BCUT2D eigenvalue weighted by Crippen LogP contribution is -2.49. The molecule has 0 aromatic heterocycles. The highest BCUT2D eigenvalue weighted by molar-refractivity contribution is 5.47. The summed E-state index contributed by atoms with van der Waals surface area (Å²) in [5.41, 5.74) is 0. The second kappa shape index (κ2) is 4.97. The maximum atomic E-state index is 10.6. The molecule has 1 amide bonds. The molecule has 1 saturated heterocycles. The van der Waals surface area contributed by atoms with E-state index >= 15 is 0 Å². The van der Waals surface area contributed by atoms with E-state index in [0.717, 1.165) is 44.5 Å². The van der Waals surface area contributed by atoms with E-state index in [9.17, 15) is 4.79 Å². The number of amides is 1. The minimum atomic E-state index is 0.809. The number of rotatable bonds is 3. The lowest BCUT2D eigenvalue weighted by Gasteiger charge is -2.36. The van der Waals surface area contributed by atoms with E-state index in [1.54, 1.807) is 0 Å². The molecule has 0 bridgehead atoms. The predicted octanol–water partition coefficient (Wildman–Crippen LogP) is 1.34. The zero-order chi connectivity index (χ0) is 10.7. The Morgan fingerprint density at radius 3 is 2.47 bits per heavy atom. The van der Waals surface area contributed by atoms with Gasteiger partial charge in [-0.05, 0) is 25.2 Å². The summed E-state index contributed by atoms with van der Waals surface area (Å²) in [6.07, 6.45) is 6.50. The average molecular weight is 210 g/mol. The summed E-state index contributed by atoms with van der Waals surface area (Å²) in [4.78, 5) is 15.1. The first kappa shape index (κ1) is 10.9. The number of nitrogens with zero attached hydrogens (tertiary/aromatic N) is 2. The molecule has 1 saturated carbocycles. The van der Waals surface area contributed by atoms with Crippen LogP contribution in [0.4, 0.5) is 0 Å². The van der Waals surface area contributed by atoms with Gasteiger partial charge in [0.1, 0.15) is 0 Å². The van der Waals surface area contributed by atoms with Crippen LogP contribution in [0.1, 0.15) is 32.6 Å². The Balaban J connectivity index is 1.78. The zero-order valence-electron chi connectivity index (χ0n) is 9.69. The molecule has 2 rings (SSSR count). The molecule has 2 atom stereocenters. The summed E-state index contributed by atoms with van der Waals surface area (Å²) in [6.45, 7) is 6.32. The monoisotopic (exact) mass is 210 g/mol. The van der Waals surface area contributed by atoms with Crippen molar-refractivity contribution in [1.29, 1.82) is 0 Å². The maximum Gasteiger partial charge on any atom is 0.209 e. The van der Waals surface area contributed by atoms with Crippen LogP contribution in [0.25, 0.3) is 0 Å². The molecule has 0 radical (unpaired) electrons. The molecular formula is C12H22N2O. The quantitative estimate of drug-likeness (QED) is 0.656. The van der Waals surface area contributed by atoms with Gasteiger partial charge < -0.3 is 4.90 Å². The Morgan fingerprint density at radius 1 is 1.20 bits per heavy atom. The van der Waals surface area contributed by atoms with Crippen molar-refractivity contribution in [2.24, 2.45) is 5.92 Å². The van der Waals surface area contributed by atoms with E-state index in [2.05, 4.69) is 11.8 Å². The van der Waals surface area contributed by atoms with Crippen LogP contribution in [0.15, 0.2) is 0 Å². The number of hydrogen-bond donors (Lipinski definition) is 0. The Bertz CT molecular complexity index is 212. The third-order valence-corrected chi connectivity index (χ3v) is 4.11. The fourth-order valence-electron chi connectivity index (χ4n) is 2.96. The zero-order valence-corrected chi connectivity index (χ0v) is 9.69. The van der Waals surface area contributed by atoms with E-state index < -0.39 is 0 Å². The minimum Gasteiger partial charge on any atom is -0.343 e. The van der Waals surface area contributed by atoms with E-state index in [0.29, 0.717) is 0 Å². The Morgan fingerprint density at radius 2 is 1.93 bits per heavy atom. The molecule has 1 aliphatic carbocycles. The standard InChI is InChI=1S/C12H22N2O/c1-2-11-3-4-12(9-11)14-7-5-13(10-15)6-8-14/h10-12H,2-9H2,1H3. The molecule has 2 unspecified atom stereocenters. The summed E-state index contributed by atoms with van der Waals surface area (Å²) in [6, 6.07) is 0.809. The van der Waals surface area contributed by atoms with E-state index in [-0.39, 0.29) is 0 Å². The van der Waals surface area contributed by atoms with Crippen molar-refractivity contribution in [3.63, 3.8) is 0 Å². The Labute approximate surface area is 92.4 Å². The van der Waals surface area contributed by atoms with Crippen molar-refractivity contribution in [2.45, 2.75) is 38.6 Å². The van der Waals surface area contributed by atoms with Crippen LogP contribution in [0.2, 0.25) is 0 Å². The fraction of sp³-hybridized carbons (Fsp3) is 0.917. The molecule has 0 aromatic carbocycles. The van der Waals surface area contributed by atoms with E-state index in [4.69, 9.17) is 0 Å². The van der Waals surface area contributed by atoms with Crippen molar-refractivity contribution < 1.29 is 4.79 Å². The lowest BCUT2D eigenvalue weighted by atomic mass is 10.1. The lowest BCUT2D eigenvalue weighted by molar-refractivity contribution is -0.120. The van der Waals surface area contributed by atoms with Gasteiger partial charge in [0, 0.05) is 32.2 Å². The van der Waals surface area contributed by atoms with E-state index in [1.165, 1.54) is 25.7 Å². The first-order valence-corrected chi connectivity index (χ1v) is 6.27. The molecule has 0 N–H and O–H groups in total. The molecule has 0 spiro atoms. The van der Waals surface area contributed by atoms with Gasteiger partial charge in [0.25, 0.3) is 0 Å². The van der Waals surface area contributed by atoms with Crippen LogP contribution >= 0.6 is 0 Å². The average Bonchev–Trinajstić information content (AvgIpc) is 2.78. The van der Waals surface area contributed by atoms with Gasteiger partial charge >= 0.3 is 0 Å². The second-order valence-electron chi connectivity index (χ2n) is 4.92. The van der Waals surface area contributed by atoms with Crippen molar-refractivity contribution in [1.82, 2.24) is 9.80 Å². The highest BCUT2D eigenvalue weighted by Crippen LogP contribution is 2.31. The molecule has 1 aliphatic heterocycles. The molecule has 0 aromatic rings. The molecule has 86 valence electrons. The third kappa shape index (κ3) is 2.51. The molecule has 2 aliphatic rings. The van der Waals surface area contributed by atoms with Gasteiger partial charge in [0.05, 0.1) is 0 Å². The number of carbonyl (C=O) groups excluding carboxylic acids is 1. The van der Waals surface area contributed by atoms with Gasteiger partial charge in [-0.15, -0.1) is 0 Å². The number of carbonyl (C=O) groups is 1. The van der Waals surface area contributed by atoms with Gasteiger partial charge in [-0.1, -0.05) is 13.3 Å². The smallest absolute Gasteiger partial charge is 0.209 e. The highest BCUT2D eigenvalue weighted by atomic mass is 16.1. The summed E-state index contributed by atoms with van der Waals surface area (Å²) in [7, 11) is 0. The van der Waals surface area contributed by atoms with Gasteiger partial charge in [-0.25, -0.2) is 0 Å². The van der Waals surface area contributed by atoms with Crippen molar-refractivity contribution >= 4 is 6.41 Å². The summed E-state index contributed by atoms with van der Waals surface area (Å²) >= 11 is 0. The summed E-state index contributed by atoms with van der Waals surface area (Å²) in [5.74, 6) is 0.958. The normalized spacial score (nSPS) is 33.3. The summed E-state index contributed by atoms with van der Waals surface area (Å²) in [5, 5.41) is 0. The number of hydrogen-bond acceptors (Lipinski definition) is 2. The first-order chi connectivity index (χ1) is 7.33. The van der Waals surface area contributed by atoms with Crippen molar-refractivity contribution in [3.8, 4) is 0 Å². The molecular weight excluding hydrogens is 188 g/mol. The molecule has 2 fully saturated rings. The third-order valence-electron chi connectivity index (χ3n) is 4.11. The van der Waals surface area contributed by atoms with Crippen LogP contribution in [0.5, 0.6) is 0 Å². The van der Waals surface area contributed by atoms with Crippen molar-refractivity contribution in [3.05, 3.63) is 0 Å². The minimum absolute atomic E-state index is 0.809. The number of piperazine rings is 1. The maximum absolute atomic E-state index is 10.6. The molecule has 15 heavy (non-hydrogen) atoms. The van der Waals surface area contributed by atoms with Crippen LogP contribution in [-0.2, 0) is 4.79 Å². The molecule has 3 nitrogen and oxygen atoms in total. The van der Waals surface area contributed by atoms with Crippen LogP contribution in [-0.4, -0.2) is 48.4 Å². The van der Waals surface area contributed by atoms with Crippen molar-refractivity contribution in [2.75, 3.05) is 26.2 Å². The topological polar surface area (TPSA) is 23.6 Å². The SMILES string of the molecule is CCC1CCC(N2CCN(C=O)CC2)C1. The second-order valence-corrected chi connectivity index (χ2v) is 4.92. The van der Waals surface area contributed by atoms with Gasteiger partial charge in [-0.3, -0.25) is 9.69 Å². The summed E-state index contributed by atoms with van der Waals surface area (Å²) < 4.78 is 0. The van der Waals surface area contributed by atoms with Crippen LogP contribution < -0.4 is 0 Å². The first-order valence-electron chi connectivity index (χ1n) is 6.27.